The highest BCUT2D eigenvalue weighted by atomic mass is 16.1. The molecule has 2 heterocycles. The summed E-state index contributed by atoms with van der Waals surface area (Å²) in [6, 6.07) is 9.96. The lowest BCUT2D eigenvalue weighted by molar-refractivity contribution is -0.127. The van der Waals surface area contributed by atoms with Crippen molar-refractivity contribution in [3.63, 3.8) is 0 Å². The van der Waals surface area contributed by atoms with Gasteiger partial charge in [0.2, 0.25) is 5.91 Å². The number of carbonyl (C=O) groups excluding carboxylic acids is 1. The first kappa shape index (κ1) is 18.4. The third-order valence-corrected chi connectivity index (χ3v) is 5.16. The fourth-order valence-corrected chi connectivity index (χ4v) is 3.26. The number of anilines is 1. The number of carbonyl (C=O) groups is 1. The minimum atomic E-state index is 0.167. The number of para-hydroxylation sites is 1. The number of aromatic nitrogens is 4. The summed E-state index contributed by atoms with van der Waals surface area (Å²) in [5, 5.41) is 11.8. The van der Waals surface area contributed by atoms with Crippen LogP contribution in [0.4, 0.5) is 5.82 Å². The van der Waals surface area contributed by atoms with Crippen LogP contribution < -0.4 is 10.6 Å². The van der Waals surface area contributed by atoms with Crippen molar-refractivity contribution >= 4 is 22.8 Å². The number of amides is 1. The molecular weight excluding hydrogens is 352 g/mol. The molecule has 1 amide bonds. The second kappa shape index (κ2) is 7.96. The topological polar surface area (TPSA) is 84.7 Å². The lowest BCUT2D eigenvalue weighted by Gasteiger charge is -2.24. The monoisotopic (exact) mass is 378 g/mol. The molecule has 0 saturated heterocycles. The number of fused-ring (bicyclic) bond motifs is 1. The molecule has 0 atom stereocenters. The highest BCUT2D eigenvalue weighted by Gasteiger charge is 2.24. The van der Waals surface area contributed by atoms with E-state index >= 15 is 0 Å². The number of nitrogens with zero attached hydrogens (tertiary/aromatic N) is 4. The van der Waals surface area contributed by atoms with Crippen LogP contribution in [-0.4, -0.2) is 38.7 Å². The van der Waals surface area contributed by atoms with Gasteiger partial charge in [-0.2, -0.15) is 5.10 Å². The molecule has 2 aromatic heterocycles. The van der Waals surface area contributed by atoms with Crippen molar-refractivity contribution in [1.82, 2.24) is 25.1 Å². The van der Waals surface area contributed by atoms with Gasteiger partial charge in [0.25, 0.3) is 0 Å². The van der Waals surface area contributed by atoms with Gasteiger partial charge in [-0.1, -0.05) is 38.5 Å². The zero-order valence-corrected chi connectivity index (χ0v) is 16.4. The van der Waals surface area contributed by atoms with Crippen LogP contribution in [0.25, 0.3) is 16.7 Å². The molecule has 1 aromatic carbocycles. The third kappa shape index (κ3) is 3.69. The van der Waals surface area contributed by atoms with E-state index in [2.05, 4.69) is 29.6 Å². The van der Waals surface area contributed by atoms with E-state index < -0.39 is 0 Å². The Balaban J connectivity index is 1.55. The van der Waals surface area contributed by atoms with Gasteiger partial charge in [-0.15, -0.1) is 0 Å². The molecule has 0 radical (unpaired) electrons. The van der Waals surface area contributed by atoms with E-state index in [0.717, 1.165) is 41.2 Å². The van der Waals surface area contributed by atoms with E-state index in [0.29, 0.717) is 13.1 Å². The molecule has 7 nitrogen and oxygen atoms in total. The van der Waals surface area contributed by atoms with Crippen LogP contribution in [0.15, 0.2) is 36.5 Å². The first-order valence-corrected chi connectivity index (χ1v) is 9.96. The summed E-state index contributed by atoms with van der Waals surface area (Å²) in [7, 11) is 0. The van der Waals surface area contributed by atoms with Crippen molar-refractivity contribution < 1.29 is 4.79 Å². The van der Waals surface area contributed by atoms with Gasteiger partial charge in [-0.3, -0.25) is 4.79 Å². The molecule has 0 spiro atoms. The molecular formula is C21H26N6O. The number of hydrogen-bond donors (Lipinski definition) is 2. The van der Waals surface area contributed by atoms with Crippen molar-refractivity contribution in [2.75, 3.05) is 18.4 Å². The highest BCUT2D eigenvalue weighted by Crippen LogP contribution is 2.26. The number of hydrogen-bond acceptors (Lipinski definition) is 5. The molecule has 4 rings (SSSR count). The Morgan fingerprint density at radius 1 is 1.18 bits per heavy atom. The summed E-state index contributed by atoms with van der Waals surface area (Å²) < 4.78 is 1.84. The Bertz CT molecular complexity index is 962. The van der Waals surface area contributed by atoms with Gasteiger partial charge in [0.05, 0.1) is 17.3 Å². The third-order valence-electron chi connectivity index (χ3n) is 5.16. The molecule has 0 aliphatic heterocycles. The Morgan fingerprint density at radius 3 is 2.64 bits per heavy atom. The number of benzene rings is 1. The molecule has 0 bridgehead atoms. The van der Waals surface area contributed by atoms with Gasteiger partial charge in [-0.05, 0) is 25.0 Å². The summed E-state index contributed by atoms with van der Waals surface area (Å²) >= 11 is 0. The SMILES string of the molecule is CC(C)c1nc(NCCNC(=O)C2CCC2)c2cnn(-c3ccccc3)c2n1. The first-order valence-electron chi connectivity index (χ1n) is 9.96. The molecule has 2 N–H and O–H groups in total. The fourth-order valence-electron chi connectivity index (χ4n) is 3.26. The largest absolute Gasteiger partial charge is 0.368 e. The van der Waals surface area contributed by atoms with Crippen LogP contribution in [0.2, 0.25) is 0 Å². The molecule has 7 heteroatoms. The van der Waals surface area contributed by atoms with Gasteiger partial charge < -0.3 is 10.6 Å². The summed E-state index contributed by atoms with van der Waals surface area (Å²) in [5.74, 6) is 2.10. The van der Waals surface area contributed by atoms with Crippen molar-refractivity contribution in [2.24, 2.45) is 5.92 Å². The molecule has 3 aromatic rings. The molecule has 28 heavy (non-hydrogen) atoms. The fraction of sp³-hybridized carbons (Fsp3) is 0.429. The van der Waals surface area contributed by atoms with Crippen LogP contribution in [0.3, 0.4) is 0 Å². The molecule has 146 valence electrons. The number of nitrogens with one attached hydrogen (secondary N) is 2. The summed E-state index contributed by atoms with van der Waals surface area (Å²) in [4.78, 5) is 21.4. The summed E-state index contributed by atoms with van der Waals surface area (Å²) in [6.45, 7) is 5.34. The first-order chi connectivity index (χ1) is 13.6. The van der Waals surface area contributed by atoms with Crippen LogP contribution >= 0.6 is 0 Å². The van der Waals surface area contributed by atoms with Crippen LogP contribution in [-0.2, 0) is 4.79 Å². The van der Waals surface area contributed by atoms with Crippen molar-refractivity contribution in [2.45, 2.75) is 39.0 Å². The zero-order chi connectivity index (χ0) is 19.5. The Morgan fingerprint density at radius 2 is 1.96 bits per heavy atom. The van der Waals surface area contributed by atoms with Crippen LogP contribution in [0.5, 0.6) is 0 Å². The Hall–Kier alpha value is -2.96. The predicted molar refractivity (Wildman–Crippen MR) is 110 cm³/mol. The average Bonchev–Trinajstić information content (AvgIpc) is 3.08. The van der Waals surface area contributed by atoms with E-state index in [-0.39, 0.29) is 17.7 Å². The zero-order valence-electron chi connectivity index (χ0n) is 16.4. The molecule has 1 saturated carbocycles. The summed E-state index contributed by atoms with van der Waals surface area (Å²) in [5.41, 5.74) is 1.75. The number of rotatable bonds is 7. The predicted octanol–water partition coefficient (Wildman–Crippen LogP) is 3.27. The second-order valence-corrected chi connectivity index (χ2v) is 7.56. The molecule has 1 aliphatic carbocycles. The van der Waals surface area contributed by atoms with Gasteiger partial charge >= 0.3 is 0 Å². The molecule has 0 unspecified atom stereocenters. The smallest absolute Gasteiger partial charge is 0.223 e. The maximum Gasteiger partial charge on any atom is 0.223 e. The lowest BCUT2D eigenvalue weighted by Crippen LogP contribution is -2.37. The van der Waals surface area contributed by atoms with Crippen molar-refractivity contribution in [3.8, 4) is 5.69 Å². The lowest BCUT2D eigenvalue weighted by atomic mass is 9.85. The standard InChI is InChI=1S/C21H26N6O/c1-14(2)18-25-19(22-11-12-23-21(28)15-7-6-8-15)17-13-24-27(20(17)26-18)16-9-4-3-5-10-16/h3-5,9-10,13-15H,6-8,11-12H2,1-2H3,(H,23,28)(H,22,25,26). The van der Waals surface area contributed by atoms with Crippen LogP contribution in [0.1, 0.15) is 44.9 Å². The van der Waals surface area contributed by atoms with E-state index in [1.807, 2.05) is 35.0 Å². The van der Waals surface area contributed by atoms with Crippen LogP contribution in [0, 0.1) is 5.92 Å². The Kier molecular flexibility index (Phi) is 5.23. The van der Waals surface area contributed by atoms with Gasteiger partial charge in [0, 0.05) is 24.9 Å². The summed E-state index contributed by atoms with van der Waals surface area (Å²) in [6.07, 6.45) is 4.99. The van der Waals surface area contributed by atoms with Crippen molar-refractivity contribution in [3.05, 3.63) is 42.4 Å². The van der Waals surface area contributed by atoms with Crippen molar-refractivity contribution in [1.29, 1.82) is 0 Å². The molecule has 1 fully saturated rings. The van der Waals surface area contributed by atoms with Gasteiger partial charge in [0.15, 0.2) is 5.65 Å². The normalized spacial score (nSPS) is 14.2. The molecule has 1 aliphatic rings. The van der Waals surface area contributed by atoms with E-state index in [9.17, 15) is 4.79 Å². The maximum atomic E-state index is 12.0. The second-order valence-electron chi connectivity index (χ2n) is 7.56. The Labute approximate surface area is 164 Å². The maximum absolute atomic E-state index is 12.0. The quantitative estimate of drug-likeness (QED) is 0.617. The van der Waals surface area contributed by atoms with Gasteiger partial charge in [-0.25, -0.2) is 14.6 Å². The van der Waals surface area contributed by atoms with E-state index in [1.54, 1.807) is 6.20 Å². The average molecular weight is 378 g/mol. The minimum absolute atomic E-state index is 0.167. The van der Waals surface area contributed by atoms with E-state index in [4.69, 9.17) is 9.97 Å². The highest BCUT2D eigenvalue weighted by molar-refractivity contribution is 5.87. The van der Waals surface area contributed by atoms with Gasteiger partial charge in [0.1, 0.15) is 11.6 Å². The van der Waals surface area contributed by atoms with E-state index in [1.165, 1.54) is 6.42 Å². The minimum Gasteiger partial charge on any atom is -0.368 e.